The number of carbonyl (C=O) groups is 2. The molecule has 7 nitrogen and oxygen atoms in total. The van der Waals surface area contributed by atoms with Crippen LogP contribution in [-0.2, 0) is 11.3 Å². The molecular formula is C24H26ClN5O2. The van der Waals surface area contributed by atoms with Crippen molar-refractivity contribution in [2.24, 2.45) is 11.7 Å². The normalized spacial score (nSPS) is 14.9. The Kier molecular flexibility index (Phi) is 6.58. The molecular weight excluding hydrogens is 426 g/mol. The van der Waals surface area contributed by atoms with Crippen LogP contribution in [0.25, 0.3) is 5.69 Å². The van der Waals surface area contributed by atoms with E-state index in [0.717, 1.165) is 43.7 Å². The minimum Gasteiger partial charge on any atom is -0.369 e. The zero-order chi connectivity index (χ0) is 22.7. The maximum absolute atomic E-state index is 13.0. The van der Waals surface area contributed by atoms with Gasteiger partial charge in [-0.1, -0.05) is 41.9 Å². The third kappa shape index (κ3) is 4.84. The smallest absolute Gasteiger partial charge is 0.260 e. The lowest BCUT2D eigenvalue weighted by Crippen LogP contribution is -2.38. The van der Waals surface area contributed by atoms with Gasteiger partial charge < -0.3 is 11.1 Å². The number of anilines is 1. The van der Waals surface area contributed by atoms with Gasteiger partial charge in [0.25, 0.3) is 5.91 Å². The van der Waals surface area contributed by atoms with Crippen LogP contribution in [0.5, 0.6) is 0 Å². The number of aryl methyl sites for hydroxylation is 1. The van der Waals surface area contributed by atoms with E-state index in [1.54, 1.807) is 11.6 Å². The van der Waals surface area contributed by atoms with E-state index in [1.807, 2.05) is 54.6 Å². The summed E-state index contributed by atoms with van der Waals surface area (Å²) in [4.78, 5) is 26.7. The van der Waals surface area contributed by atoms with E-state index in [-0.39, 0.29) is 22.9 Å². The summed E-state index contributed by atoms with van der Waals surface area (Å²) in [5.41, 5.74) is 8.91. The number of likely N-dealkylation sites (tertiary alicyclic amines) is 1. The topological polar surface area (TPSA) is 93.2 Å². The van der Waals surface area contributed by atoms with Crippen LogP contribution >= 0.6 is 11.6 Å². The van der Waals surface area contributed by atoms with Crippen LogP contribution < -0.4 is 11.1 Å². The Morgan fingerprint density at radius 2 is 1.84 bits per heavy atom. The van der Waals surface area contributed by atoms with Crippen LogP contribution in [0.2, 0.25) is 5.15 Å². The number of benzene rings is 2. The molecule has 1 fully saturated rings. The number of piperidine rings is 1. The minimum absolute atomic E-state index is 0.0262. The van der Waals surface area contributed by atoms with E-state index in [4.69, 9.17) is 17.3 Å². The molecule has 0 bridgehead atoms. The number of primary amides is 1. The standard InChI is InChI=1S/C24H26ClN5O2/c1-16-21(22(25)30(28-16)20-8-3-2-4-9-20)24(32)27-19-7-5-6-17(14-19)15-29-12-10-18(11-13-29)23(26)31/h2-9,14,18H,10-13,15H2,1H3,(H2,26,31)(H,27,32). The van der Waals surface area contributed by atoms with Gasteiger partial charge in [-0.05, 0) is 62.7 Å². The molecule has 0 atom stereocenters. The molecule has 1 aliphatic rings. The molecule has 0 saturated carbocycles. The summed E-state index contributed by atoms with van der Waals surface area (Å²) < 4.78 is 1.57. The first-order valence-electron chi connectivity index (χ1n) is 10.6. The van der Waals surface area contributed by atoms with Crippen molar-refractivity contribution >= 4 is 29.1 Å². The summed E-state index contributed by atoms with van der Waals surface area (Å²) in [6.07, 6.45) is 1.57. The number of hydrogen-bond acceptors (Lipinski definition) is 4. The van der Waals surface area contributed by atoms with Gasteiger partial charge in [-0.2, -0.15) is 5.10 Å². The predicted molar refractivity (Wildman–Crippen MR) is 125 cm³/mol. The van der Waals surface area contributed by atoms with Gasteiger partial charge in [-0.25, -0.2) is 4.68 Å². The second-order valence-electron chi connectivity index (χ2n) is 8.11. The molecule has 4 rings (SSSR count). The van der Waals surface area contributed by atoms with Gasteiger partial charge >= 0.3 is 0 Å². The number of nitrogens with two attached hydrogens (primary N) is 1. The van der Waals surface area contributed by atoms with Crippen molar-refractivity contribution in [1.82, 2.24) is 14.7 Å². The zero-order valence-electron chi connectivity index (χ0n) is 17.9. The summed E-state index contributed by atoms with van der Waals surface area (Å²) in [5, 5.41) is 7.67. The Morgan fingerprint density at radius 3 is 2.53 bits per heavy atom. The van der Waals surface area contributed by atoms with Crippen LogP contribution in [0.15, 0.2) is 54.6 Å². The number of nitrogens with zero attached hydrogens (tertiary/aromatic N) is 3. The van der Waals surface area contributed by atoms with E-state index in [1.165, 1.54) is 0 Å². The van der Waals surface area contributed by atoms with Crippen molar-refractivity contribution < 1.29 is 9.59 Å². The number of aromatic nitrogens is 2. The van der Waals surface area contributed by atoms with Crippen molar-refractivity contribution in [2.75, 3.05) is 18.4 Å². The fraction of sp³-hybridized carbons (Fsp3) is 0.292. The molecule has 0 aliphatic carbocycles. The third-order valence-corrected chi connectivity index (χ3v) is 6.16. The molecule has 0 spiro atoms. The Hall–Kier alpha value is -3.16. The van der Waals surface area contributed by atoms with Gasteiger partial charge in [0.1, 0.15) is 10.7 Å². The lowest BCUT2D eigenvalue weighted by molar-refractivity contribution is -0.123. The summed E-state index contributed by atoms with van der Waals surface area (Å²) in [6, 6.07) is 17.2. The molecule has 166 valence electrons. The molecule has 3 aromatic rings. The first-order valence-corrected chi connectivity index (χ1v) is 11.0. The lowest BCUT2D eigenvalue weighted by Gasteiger charge is -2.30. The van der Waals surface area contributed by atoms with Crippen LogP contribution in [0.3, 0.4) is 0 Å². The highest BCUT2D eigenvalue weighted by Gasteiger charge is 2.24. The average Bonchev–Trinajstić information content (AvgIpc) is 3.09. The molecule has 32 heavy (non-hydrogen) atoms. The summed E-state index contributed by atoms with van der Waals surface area (Å²) in [6.45, 7) is 4.18. The number of nitrogens with one attached hydrogen (secondary N) is 1. The van der Waals surface area contributed by atoms with E-state index in [0.29, 0.717) is 16.9 Å². The van der Waals surface area contributed by atoms with Gasteiger partial charge in [0.05, 0.1) is 11.4 Å². The first-order chi connectivity index (χ1) is 15.4. The Bertz CT molecular complexity index is 1120. The van der Waals surface area contributed by atoms with Crippen molar-refractivity contribution in [3.05, 3.63) is 76.6 Å². The molecule has 3 N–H and O–H groups in total. The fourth-order valence-electron chi connectivity index (χ4n) is 4.07. The summed E-state index contributed by atoms with van der Waals surface area (Å²) in [7, 11) is 0. The molecule has 2 amide bonds. The zero-order valence-corrected chi connectivity index (χ0v) is 18.7. The molecule has 2 heterocycles. The van der Waals surface area contributed by atoms with E-state index in [9.17, 15) is 9.59 Å². The number of rotatable bonds is 6. The number of carbonyl (C=O) groups excluding carboxylic acids is 2. The highest BCUT2D eigenvalue weighted by molar-refractivity contribution is 6.34. The molecule has 1 saturated heterocycles. The van der Waals surface area contributed by atoms with Crippen molar-refractivity contribution in [2.45, 2.75) is 26.3 Å². The highest BCUT2D eigenvalue weighted by atomic mass is 35.5. The van der Waals surface area contributed by atoms with E-state index in [2.05, 4.69) is 15.3 Å². The molecule has 1 aliphatic heterocycles. The first kappa shape index (κ1) is 22.0. The van der Waals surface area contributed by atoms with Crippen LogP contribution in [-0.4, -0.2) is 39.6 Å². The molecule has 1 aromatic heterocycles. The molecule has 0 unspecified atom stereocenters. The highest BCUT2D eigenvalue weighted by Crippen LogP contribution is 2.25. The van der Waals surface area contributed by atoms with Crippen molar-refractivity contribution in [3.63, 3.8) is 0 Å². The van der Waals surface area contributed by atoms with Gasteiger partial charge in [0.2, 0.25) is 5.91 Å². The van der Waals surface area contributed by atoms with E-state index < -0.39 is 0 Å². The van der Waals surface area contributed by atoms with Crippen LogP contribution in [0, 0.1) is 12.8 Å². The second-order valence-corrected chi connectivity index (χ2v) is 8.46. The number of amides is 2. The number of para-hydroxylation sites is 1. The maximum atomic E-state index is 13.0. The molecule has 2 aromatic carbocycles. The van der Waals surface area contributed by atoms with Gasteiger partial charge in [-0.3, -0.25) is 14.5 Å². The van der Waals surface area contributed by atoms with Crippen molar-refractivity contribution in [3.8, 4) is 5.69 Å². The minimum atomic E-state index is -0.297. The second kappa shape index (κ2) is 9.54. The van der Waals surface area contributed by atoms with Crippen molar-refractivity contribution in [1.29, 1.82) is 0 Å². The average molecular weight is 452 g/mol. The monoisotopic (exact) mass is 451 g/mol. The van der Waals surface area contributed by atoms with Gasteiger partial charge in [-0.15, -0.1) is 0 Å². The van der Waals surface area contributed by atoms with Gasteiger partial charge in [0.15, 0.2) is 0 Å². The summed E-state index contributed by atoms with van der Waals surface area (Å²) in [5.74, 6) is -0.533. The fourth-order valence-corrected chi connectivity index (χ4v) is 4.43. The Morgan fingerprint density at radius 1 is 1.12 bits per heavy atom. The van der Waals surface area contributed by atoms with Crippen LogP contribution in [0.4, 0.5) is 5.69 Å². The van der Waals surface area contributed by atoms with Gasteiger partial charge in [0, 0.05) is 18.2 Å². The largest absolute Gasteiger partial charge is 0.369 e. The Labute approximate surface area is 192 Å². The SMILES string of the molecule is Cc1nn(-c2ccccc2)c(Cl)c1C(=O)Nc1cccc(CN2CCC(C(N)=O)CC2)c1. The molecule has 0 radical (unpaired) electrons. The Balaban J connectivity index is 1.45. The number of halogens is 1. The molecule has 8 heteroatoms. The predicted octanol–water partition coefficient (Wildman–Crippen LogP) is 3.78. The number of hydrogen-bond donors (Lipinski definition) is 2. The maximum Gasteiger partial charge on any atom is 0.260 e. The summed E-state index contributed by atoms with van der Waals surface area (Å²) >= 11 is 6.52. The quantitative estimate of drug-likeness (QED) is 0.596. The third-order valence-electron chi connectivity index (χ3n) is 5.81. The van der Waals surface area contributed by atoms with E-state index >= 15 is 0 Å². The lowest BCUT2D eigenvalue weighted by atomic mass is 9.96. The van der Waals surface area contributed by atoms with Crippen LogP contribution in [0.1, 0.15) is 34.5 Å².